The summed E-state index contributed by atoms with van der Waals surface area (Å²) in [4.78, 5) is 0. The summed E-state index contributed by atoms with van der Waals surface area (Å²) in [6.45, 7) is 5.50. The maximum Gasteiger partial charge on any atom is 0.0604 e. The van der Waals surface area contributed by atoms with Gasteiger partial charge < -0.3 is 10.1 Å². The zero-order valence-corrected chi connectivity index (χ0v) is 11.1. The zero-order valence-electron chi connectivity index (χ0n) is 10.3. The third-order valence-electron chi connectivity index (χ3n) is 2.89. The van der Waals surface area contributed by atoms with Crippen LogP contribution in [0.5, 0.6) is 0 Å². The number of hydrogen-bond donors (Lipinski definition) is 1. The van der Waals surface area contributed by atoms with E-state index in [4.69, 9.17) is 4.74 Å². The average Bonchev–Trinajstić information content (AvgIpc) is 2.13. The van der Waals surface area contributed by atoms with Crippen LogP contribution in [0, 0.1) is 5.92 Å². The van der Waals surface area contributed by atoms with Gasteiger partial charge in [-0.15, -0.1) is 11.8 Å². The lowest BCUT2D eigenvalue weighted by Gasteiger charge is -2.35. The normalized spacial score (nSPS) is 25.6. The second-order valence-corrected chi connectivity index (χ2v) is 5.70. The highest BCUT2D eigenvalue weighted by Gasteiger charge is 2.28. The summed E-state index contributed by atoms with van der Waals surface area (Å²) < 4.78 is 5.79. The van der Waals surface area contributed by atoms with Crippen molar-refractivity contribution in [3.8, 4) is 0 Å². The average molecular weight is 231 g/mol. The molecule has 0 radical (unpaired) electrons. The fraction of sp³-hybridized carbons (Fsp3) is 1.00. The molecular weight excluding hydrogens is 206 g/mol. The van der Waals surface area contributed by atoms with Crippen LogP contribution in [-0.2, 0) is 4.74 Å². The minimum Gasteiger partial charge on any atom is -0.378 e. The first-order chi connectivity index (χ1) is 7.22. The van der Waals surface area contributed by atoms with E-state index in [2.05, 4.69) is 25.4 Å². The van der Waals surface area contributed by atoms with E-state index in [1.807, 2.05) is 11.8 Å². The minimum absolute atomic E-state index is 0.538. The fourth-order valence-electron chi connectivity index (χ4n) is 1.81. The van der Waals surface area contributed by atoms with Gasteiger partial charge in [0.1, 0.15) is 0 Å². The van der Waals surface area contributed by atoms with Crippen LogP contribution in [0.15, 0.2) is 0 Å². The topological polar surface area (TPSA) is 21.3 Å². The van der Waals surface area contributed by atoms with Gasteiger partial charge >= 0.3 is 0 Å². The summed E-state index contributed by atoms with van der Waals surface area (Å²) in [6, 6.07) is 0.715. The summed E-state index contributed by atoms with van der Waals surface area (Å²) in [5.41, 5.74) is 0. The Labute approximate surface area is 98.5 Å². The first-order valence-electron chi connectivity index (χ1n) is 6.06. The molecule has 0 heterocycles. The zero-order chi connectivity index (χ0) is 11.1. The maximum absolute atomic E-state index is 5.79. The van der Waals surface area contributed by atoms with Crippen LogP contribution in [0.25, 0.3) is 0 Å². The molecule has 0 aromatic carbocycles. The van der Waals surface area contributed by atoms with E-state index < -0.39 is 0 Å². The maximum atomic E-state index is 5.79. The van der Waals surface area contributed by atoms with Crippen LogP contribution < -0.4 is 5.32 Å². The molecule has 1 saturated carbocycles. The molecule has 2 nitrogen and oxygen atoms in total. The molecule has 1 rings (SSSR count). The molecule has 0 aliphatic heterocycles. The molecule has 3 heteroatoms. The van der Waals surface area contributed by atoms with Gasteiger partial charge in [-0.1, -0.05) is 13.8 Å². The highest BCUT2D eigenvalue weighted by molar-refractivity contribution is 7.98. The van der Waals surface area contributed by atoms with Gasteiger partial charge in [-0.2, -0.15) is 0 Å². The van der Waals surface area contributed by atoms with Crippen molar-refractivity contribution in [1.82, 2.24) is 5.32 Å². The number of nitrogens with one attached hydrogen (secondary N) is 1. The predicted octanol–water partition coefficient (Wildman–Crippen LogP) is 2.88. The monoisotopic (exact) mass is 231 g/mol. The molecule has 0 aromatic heterocycles. The Morgan fingerprint density at radius 3 is 2.73 bits per heavy atom. The van der Waals surface area contributed by atoms with Crippen LogP contribution >= 0.6 is 11.8 Å². The smallest absolute Gasteiger partial charge is 0.0604 e. The van der Waals surface area contributed by atoms with Gasteiger partial charge in [-0.25, -0.2) is 0 Å². The van der Waals surface area contributed by atoms with E-state index >= 15 is 0 Å². The summed E-state index contributed by atoms with van der Waals surface area (Å²) in [5, 5.41) is 3.49. The summed E-state index contributed by atoms with van der Waals surface area (Å²) >= 11 is 1.85. The van der Waals surface area contributed by atoms with Crippen molar-refractivity contribution in [2.24, 2.45) is 5.92 Å². The van der Waals surface area contributed by atoms with Gasteiger partial charge in [-0.05, 0) is 37.9 Å². The Morgan fingerprint density at radius 2 is 2.13 bits per heavy atom. The summed E-state index contributed by atoms with van der Waals surface area (Å²) in [6.07, 6.45) is 7.60. The van der Waals surface area contributed by atoms with E-state index in [1.54, 1.807) is 0 Å². The molecule has 90 valence electrons. The Hall–Kier alpha value is 0.270. The van der Waals surface area contributed by atoms with Crippen molar-refractivity contribution in [1.29, 1.82) is 0 Å². The molecule has 1 aliphatic rings. The summed E-state index contributed by atoms with van der Waals surface area (Å²) in [7, 11) is 0. The van der Waals surface area contributed by atoms with Crippen molar-refractivity contribution in [2.45, 2.75) is 51.7 Å². The molecule has 0 saturated heterocycles. The van der Waals surface area contributed by atoms with Gasteiger partial charge in [0, 0.05) is 18.5 Å². The third-order valence-corrected chi connectivity index (χ3v) is 3.35. The SMILES string of the molecule is CSCNC1CC(OCCCC(C)C)C1. The number of rotatable bonds is 8. The molecule has 0 amide bonds. The van der Waals surface area contributed by atoms with Crippen molar-refractivity contribution in [2.75, 3.05) is 18.7 Å². The van der Waals surface area contributed by atoms with Crippen molar-refractivity contribution < 1.29 is 4.74 Å². The van der Waals surface area contributed by atoms with Gasteiger partial charge in [0.15, 0.2) is 0 Å². The molecule has 0 unspecified atom stereocenters. The van der Waals surface area contributed by atoms with Gasteiger partial charge in [-0.3, -0.25) is 0 Å². The fourth-order valence-corrected chi connectivity index (χ4v) is 2.21. The van der Waals surface area contributed by atoms with Crippen LogP contribution in [0.2, 0.25) is 0 Å². The predicted molar refractivity (Wildman–Crippen MR) is 68.4 cm³/mol. The number of hydrogen-bond acceptors (Lipinski definition) is 3. The highest BCUT2D eigenvalue weighted by Crippen LogP contribution is 2.23. The van der Waals surface area contributed by atoms with E-state index in [0.717, 1.165) is 18.4 Å². The molecule has 1 aliphatic carbocycles. The molecule has 0 atom stereocenters. The minimum atomic E-state index is 0.538. The number of thioether (sulfide) groups is 1. The van der Waals surface area contributed by atoms with E-state index in [0.29, 0.717) is 12.1 Å². The molecule has 1 N–H and O–H groups in total. The molecule has 15 heavy (non-hydrogen) atoms. The molecule has 0 bridgehead atoms. The van der Waals surface area contributed by atoms with Crippen LogP contribution in [0.1, 0.15) is 39.5 Å². The lowest BCUT2D eigenvalue weighted by atomic mass is 9.89. The van der Waals surface area contributed by atoms with Crippen LogP contribution in [-0.4, -0.2) is 30.9 Å². The Kier molecular flexibility index (Phi) is 6.69. The molecule has 0 spiro atoms. The third kappa shape index (κ3) is 5.79. The first-order valence-corrected chi connectivity index (χ1v) is 7.45. The van der Waals surface area contributed by atoms with Crippen molar-refractivity contribution >= 4 is 11.8 Å². The second kappa shape index (κ2) is 7.53. The lowest BCUT2D eigenvalue weighted by Crippen LogP contribution is -2.45. The number of ether oxygens (including phenoxy) is 1. The largest absolute Gasteiger partial charge is 0.378 e. The van der Waals surface area contributed by atoms with Crippen LogP contribution in [0.4, 0.5) is 0 Å². The molecular formula is C12H25NOS. The Balaban J connectivity index is 1.85. The Morgan fingerprint density at radius 1 is 1.40 bits per heavy atom. The summed E-state index contributed by atoms with van der Waals surface area (Å²) in [5.74, 6) is 1.89. The highest BCUT2D eigenvalue weighted by atomic mass is 32.2. The van der Waals surface area contributed by atoms with Crippen LogP contribution in [0.3, 0.4) is 0 Å². The van der Waals surface area contributed by atoms with Crippen molar-refractivity contribution in [3.63, 3.8) is 0 Å². The van der Waals surface area contributed by atoms with Gasteiger partial charge in [0.2, 0.25) is 0 Å². The lowest BCUT2D eigenvalue weighted by molar-refractivity contribution is -0.0172. The van der Waals surface area contributed by atoms with E-state index in [1.165, 1.54) is 25.7 Å². The van der Waals surface area contributed by atoms with Crippen molar-refractivity contribution in [3.05, 3.63) is 0 Å². The second-order valence-electron chi connectivity index (χ2n) is 4.83. The molecule has 0 aromatic rings. The quantitative estimate of drug-likeness (QED) is 0.513. The van der Waals surface area contributed by atoms with Gasteiger partial charge in [0.25, 0.3) is 0 Å². The van der Waals surface area contributed by atoms with E-state index in [-0.39, 0.29) is 0 Å². The Bertz CT molecular complexity index is 158. The van der Waals surface area contributed by atoms with E-state index in [9.17, 15) is 0 Å². The van der Waals surface area contributed by atoms with Gasteiger partial charge in [0.05, 0.1) is 6.10 Å². The standard InChI is InChI=1S/C12H25NOS/c1-10(2)5-4-6-14-12-7-11(8-12)13-9-15-3/h10-13H,4-9H2,1-3H3. The first kappa shape index (κ1) is 13.3. The molecule has 1 fully saturated rings.